The maximum atomic E-state index is 12.7. The summed E-state index contributed by atoms with van der Waals surface area (Å²) in [4.78, 5) is 26.1. The smallest absolute Gasteiger partial charge is 0.347 e. The summed E-state index contributed by atoms with van der Waals surface area (Å²) in [5.41, 5.74) is 1.74. The van der Waals surface area contributed by atoms with Crippen molar-refractivity contribution in [1.29, 1.82) is 0 Å². The van der Waals surface area contributed by atoms with Crippen molar-refractivity contribution in [2.24, 2.45) is 5.92 Å². The molecule has 0 aromatic heterocycles. The minimum absolute atomic E-state index is 0.00477. The third-order valence-corrected chi connectivity index (χ3v) is 4.62. The van der Waals surface area contributed by atoms with Crippen molar-refractivity contribution in [2.75, 3.05) is 20.2 Å². The Balaban J connectivity index is 3.02. The van der Waals surface area contributed by atoms with Gasteiger partial charge in [-0.1, -0.05) is 13.8 Å². The van der Waals surface area contributed by atoms with Gasteiger partial charge in [0.25, 0.3) is 0 Å². The second kappa shape index (κ2) is 8.49. The highest BCUT2D eigenvalue weighted by molar-refractivity contribution is 7.89. The first-order chi connectivity index (χ1) is 10.8. The first kappa shape index (κ1) is 18.9. The van der Waals surface area contributed by atoms with E-state index >= 15 is 0 Å². The average molecular weight is 344 g/mol. The molecule has 1 N–H and O–H groups in total. The number of hydrogen-bond donors (Lipinski definition) is 1. The Morgan fingerprint density at radius 2 is 1.91 bits per heavy atom. The summed E-state index contributed by atoms with van der Waals surface area (Å²) in [6.45, 7) is 3.27. The number of nitrogens with zero attached hydrogens (tertiary/aromatic N) is 1. The van der Waals surface area contributed by atoms with E-state index in [0.717, 1.165) is 4.31 Å². The van der Waals surface area contributed by atoms with Crippen molar-refractivity contribution in [3.63, 3.8) is 0 Å². The van der Waals surface area contributed by atoms with Crippen LogP contribution in [0.15, 0.2) is 29.2 Å². The Bertz CT molecular complexity index is 627. The lowest BCUT2D eigenvalue weighted by Crippen LogP contribution is -2.40. The number of hydroxylamine groups is 1. The van der Waals surface area contributed by atoms with Crippen molar-refractivity contribution >= 4 is 22.4 Å². The Morgan fingerprint density at radius 3 is 2.39 bits per heavy atom. The Kier molecular flexibility index (Phi) is 6.98. The first-order valence-corrected chi connectivity index (χ1v) is 8.28. The van der Waals surface area contributed by atoms with Crippen molar-refractivity contribution in [3.05, 3.63) is 24.3 Å². The fourth-order valence-electron chi connectivity index (χ4n) is 1.82. The van der Waals surface area contributed by atoms with Crippen LogP contribution in [-0.4, -0.2) is 45.3 Å². The van der Waals surface area contributed by atoms with Crippen LogP contribution >= 0.6 is 0 Å². The van der Waals surface area contributed by atoms with Crippen LogP contribution in [0.3, 0.4) is 0 Å². The molecule has 8 nitrogen and oxygen atoms in total. The molecule has 0 spiro atoms. The molecule has 1 amide bonds. The van der Waals surface area contributed by atoms with Crippen LogP contribution in [0.2, 0.25) is 0 Å². The van der Waals surface area contributed by atoms with Gasteiger partial charge in [-0.25, -0.2) is 13.2 Å². The summed E-state index contributed by atoms with van der Waals surface area (Å²) in [7, 11) is -2.40. The molecule has 0 atom stereocenters. The van der Waals surface area contributed by atoms with E-state index in [1.54, 1.807) is 5.48 Å². The van der Waals surface area contributed by atoms with E-state index in [0.29, 0.717) is 5.75 Å². The quantitative estimate of drug-likeness (QED) is 0.518. The molecule has 0 radical (unpaired) electrons. The van der Waals surface area contributed by atoms with Gasteiger partial charge in [-0.05, 0) is 30.2 Å². The molecule has 1 aromatic rings. The molecule has 0 aliphatic heterocycles. The lowest BCUT2D eigenvalue weighted by Gasteiger charge is -2.22. The molecule has 1 rings (SSSR count). The highest BCUT2D eigenvalue weighted by Crippen LogP contribution is 2.20. The van der Waals surface area contributed by atoms with Crippen molar-refractivity contribution < 1.29 is 27.6 Å². The minimum Gasteiger partial charge on any atom is -0.497 e. The summed E-state index contributed by atoms with van der Waals surface area (Å²) < 4.78 is 31.3. The molecule has 23 heavy (non-hydrogen) atoms. The summed E-state index contributed by atoms with van der Waals surface area (Å²) in [5.74, 6) is -0.362. The molecule has 0 saturated heterocycles. The van der Waals surface area contributed by atoms with E-state index in [1.807, 2.05) is 13.8 Å². The molecule has 128 valence electrons. The molecule has 0 fully saturated rings. The van der Waals surface area contributed by atoms with Crippen LogP contribution in [0.1, 0.15) is 13.8 Å². The predicted molar refractivity (Wildman–Crippen MR) is 81.9 cm³/mol. The summed E-state index contributed by atoms with van der Waals surface area (Å²) in [5, 5.41) is 0. The molecule has 1 aromatic carbocycles. The third kappa shape index (κ3) is 5.53. The van der Waals surface area contributed by atoms with Crippen LogP contribution in [0.25, 0.3) is 0 Å². The molecular weight excluding hydrogens is 324 g/mol. The van der Waals surface area contributed by atoms with Gasteiger partial charge < -0.3 is 9.57 Å². The van der Waals surface area contributed by atoms with E-state index in [1.165, 1.54) is 31.4 Å². The zero-order valence-electron chi connectivity index (χ0n) is 13.2. The number of hydrogen-bond acceptors (Lipinski definition) is 6. The van der Waals surface area contributed by atoms with Gasteiger partial charge in [0, 0.05) is 6.54 Å². The number of amides is 1. The molecule has 0 aliphatic carbocycles. The van der Waals surface area contributed by atoms with Gasteiger partial charge in [-0.2, -0.15) is 9.79 Å². The van der Waals surface area contributed by atoms with E-state index in [2.05, 4.69) is 4.84 Å². The van der Waals surface area contributed by atoms with Crippen LogP contribution in [0.4, 0.5) is 0 Å². The molecule has 0 unspecified atom stereocenters. The van der Waals surface area contributed by atoms with Gasteiger partial charge in [0.2, 0.25) is 16.4 Å². The second-order valence-electron chi connectivity index (χ2n) is 5.08. The Labute approximate surface area is 135 Å². The third-order valence-electron chi connectivity index (χ3n) is 2.79. The Morgan fingerprint density at radius 1 is 1.30 bits per heavy atom. The summed E-state index contributed by atoms with van der Waals surface area (Å²) in [6.07, 6.45) is 0.183. The van der Waals surface area contributed by atoms with Gasteiger partial charge in [-0.3, -0.25) is 4.79 Å². The van der Waals surface area contributed by atoms with Gasteiger partial charge in [0.15, 0.2) is 0 Å². The lowest BCUT2D eigenvalue weighted by atomic mass is 10.2. The van der Waals surface area contributed by atoms with Crippen LogP contribution in [-0.2, 0) is 24.4 Å². The maximum absolute atomic E-state index is 12.7. The maximum Gasteiger partial charge on any atom is 0.347 e. The monoisotopic (exact) mass is 344 g/mol. The minimum atomic E-state index is -3.88. The predicted octanol–water partition coefficient (Wildman–Crippen LogP) is 0.546. The zero-order valence-corrected chi connectivity index (χ0v) is 14.0. The van der Waals surface area contributed by atoms with Crippen molar-refractivity contribution in [1.82, 2.24) is 9.79 Å². The normalized spacial score (nSPS) is 11.3. The zero-order chi connectivity index (χ0) is 17.5. The summed E-state index contributed by atoms with van der Waals surface area (Å²) >= 11 is 0. The molecular formula is C14H20N2O6S. The van der Waals surface area contributed by atoms with Crippen LogP contribution < -0.4 is 10.2 Å². The second-order valence-corrected chi connectivity index (χ2v) is 7.01. The average Bonchev–Trinajstić information content (AvgIpc) is 2.51. The lowest BCUT2D eigenvalue weighted by molar-refractivity contribution is -0.154. The topological polar surface area (TPSA) is 102 Å². The van der Waals surface area contributed by atoms with Gasteiger partial charge >= 0.3 is 5.97 Å². The van der Waals surface area contributed by atoms with Gasteiger partial charge in [-0.15, -0.1) is 0 Å². The number of rotatable bonds is 9. The van der Waals surface area contributed by atoms with E-state index in [4.69, 9.17) is 4.74 Å². The molecule has 0 bridgehead atoms. The highest BCUT2D eigenvalue weighted by atomic mass is 32.2. The van der Waals surface area contributed by atoms with Gasteiger partial charge in [0.1, 0.15) is 12.3 Å². The summed E-state index contributed by atoms with van der Waals surface area (Å²) in [6, 6.07) is 5.84. The Hall–Kier alpha value is -2.13. The van der Waals surface area contributed by atoms with Crippen LogP contribution in [0.5, 0.6) is 5.75 Å². The number of benzene rings is 1. The fourth-order valence-corrected chi connectivity index (χ4v) is 3.37. The number of carbonyl (C=O) groups is 2. The van der Waals surface area contributed by atoms with E-state index in [9.17, 15) is 18.0 Å². The molecule has 0 aliphatic rings. The van der Waals surface area contributed by atoms with E-state index in [-0.39, 0.29) is 23.8 Å². The van der Waals surface area contributed by atoms with Crippen LogP contribution in [0, 0.1) is 5.92 Å². The van der Waals surface area contributed by atoms with Crippen molar-refractivity contribution in [3.8, 4) is 5.75 Å². The highest BCUT2D eigenvalue weighted by Gasteiger charge is 2.28. The van der Waals surface area contributed by atoms with E-state index < -0.39 is 22.5 Å². The number of nitrogens with one attached hydrogen (secondary N) is 1. The number of methoxy groups -OCH3 is 1. The standard InChI is InChI=1S/C14H20N2O6S/c1-11(2)8-16(9-14(18)22-15-10-17)23(19,20)13-6-4-12(21-3)5-7-13/h4-7,10-11H,8-9H2,1-3H3,(H,15,17). The number of sulfonamides is 1. The van der Waals surface area contributed by atoms with Crippen molar-refractivity contribution in [2.45, 2.75) is 18.7 Å². The fraction of sp³-hybridized carbons (Fsp3) is 0.429. The molecule has 9 heteroatoms. The number of carbonyl (C=O) groups excluding carboxylic acids is 2. The largest absolute Gasteiger partial charge is 0.497 e. The number of ether oxygens (including phenoxy) is 1. The van der Waals surface area contributed by atoms with Gasteiger partial charge in [0.05, 0.1) is 12.0 Å². The molecule has 0 saturated carbocycles. The SMILES string of the molecule is COc1ccc(S(=O)(=O)N(CC(=O)ONC=O)CC(C)C)cc1. The molecule has 0 heterocycles. The first-order valence-electron chi connectivity index (χ1n) is 6.84.